The molecule has 0 aliphatic carbocycles. The van der Waals surface area contributed by atoms with Crippen LogP contribution in [0, 0.1) is 0 Å². The fraction of sp³-hybridized carbons (Fsp3) is 0.154. The number of ether oxygens (including phenoxy) is 3. The van der Waals surface area contributed by atoms with Crippen LogP contribution in [0.2, 0.25) is 0 Å². The van der Waals surface area contributed by atoms with Gasteiger partial charge in [0.05, 0.1) is 32.2 Å². The summed E-state index contributed by atoms with van der Waals surface area (Å²) >= 11 is 1.37. The van der Waals surface area contributed by atoms with Gasteiger partial charge in [0, 0.05) is 11.3 Å². The van der Waals surface area contributed by atoms with E-state index in [0.29, 0.717) is 9.80 Å². The molecule has 0 aliphatic heterocycles. The molecular weight excluding hydrogens is 450 g/mol. The van der Waals surface area contributed by atoms with Crippen LogP contribution in [0.4, 0.5) is 15.5 Å². The van der Waals surface area contributed by atoms with E-state index in [1.54, 1.807) is 21.1 Å². The Morgan fingerprint density at radius 2 is 1.53 bits per heavy atom. The summed E-state index contributed by atoms with van der Waals surface area (Å²) in [5, 5.41) is 3.53. The third-order valence-electron chi connectivity index (χ3n) is 4.99. The lowest BCUT2D eigenvalue weighted by molar-refractivity contribution is 0.168. The summed E-state index contributed by atoms with van der Waals surface area (Å²) in [7, 11) is 3.26. The number of rotatable bonds is 7. The SMILES string of the molecule is CCOC(=O)Nc1sc(=Nc2ccc(OC)cc2)n(-c2ccc(OC)cc2)c1-c1ccccc1. The molecule has 0 unspecified atom stereocenters. The standard InChI is InChI=1S/C26H25N3O4S/c1-4-33-26(30)28-24-23(18-8-6-5-7-9-18)29(20-12-16-22(32-3)17-13-20)25(34-24)27-19-10-14-21(31-2)15-11-19/h5-17H,4H2,1-3H3,(H,28,30). The third-order valence-corrected chi connectivity index (χ3v) is 5.95. The maximum atomic E-state index is 12.4. The minimum Gasteiger partial charge on any atom is -0.497 e. The van der Waals surface area contributed by atoms with Gasteiger partial charge in [-0.2, -0.15) is 0 Å². The van der Waals surface area contributed by atoms with Crippen molar-refractivity contribution in [2.75, 3.05) is 26.1 Å². The van der Waals surface area contributed by atoms with Gasteiger partial charge in [-0.3, -0.25) is 9.88 Å². The van der Waals surface area contributed by atoms with E-state index < -0.39 is 6.09 Å². The van der Waals surface area contributed by atoms with E-state index in [2.05, 4.69) is 5.32 Å². The Hall–Kier alpha value is -4.04. The van der Waals surface area contributed by atoms with Gasteiger partial charge in [-0.15, -0.1) is 0 Å². The first kappa shape index (κ1) is 23.1. The molecule has 0 bridgehead atoms. The van der Waals surface area contributed by atoms with Crippen LogP contribution in [0.3, 0.4) is 0 Å². The van der Waals surface area contributed by atoms with Crippen molar-refractivity contribution in [3.63, 3.8) is 0 Å². The van der Waals surface area contributed by atoms with Crippen molar-refractivity contribution >= 4 is 28.1 Å². The van der Waals surface area contributed by atoms with Crippen LogP contribution < -0.4 is 19.6 Å². The minimum atomic E-state index is -0.515. The van der Waals surface area contributed by atoms with E-state index in [1.807, 2.05) is 83.4 Å². The first-order chi connectivity index (χ1) is 16.6. The van der Waals surface area contributed by atoms with Gasteiger partial charge in [0.15, 0.2) is 4.80 Å². The highest BCUT2D eigenvalue weighted by atomic mass is 32.1. The summed E-state index contributed by atoms with van der Waals surface area (Å²) in [6.07, 6.45) is -0.515. The van der Waals surface area contributed by atoms with E-state index in [-0.39, 0.29) is 6.61 Å². The maximum Gasteiger partial charge on any atom is 0.412 e. The number of aromatic nitrogens is 1. The van der Waals surface area contributed by atoms with Gasteiger partial charge in [-0.05, 0) is 55.5 Å². The predicted octanol–water partition coefficient (Wildman–Crippen LogP) is 6.02. The fourth-order valence-corrected chi connectivity index (χ4v) is 4.46. The molecule has 8 heteroatoms. The molecule has 4 aromatic rings. The Morgan fingerprint density at radius 1 is 0.912 bits per heavy atom. The molecular formula is C26H25N3O4S. The highest BCUT2D eigenvalue weighted by molar-refractivity contribution is 7.14. The number of amides is 1. The average molecular weight is 476 g/mol. The van der Waals surface area contributed by atoms with Crippen LogP contribution in [0.25, 0.3) is 16.9 Å². The van der Waals surface area contributed by atoms with Crippen molar-refractivity contribution in [1.82, 2.24) is 4.57 Å². The Morgan fingerprint density at radius 3 is 2.12 bits per heavy atom. The molecule has 7 nitrogen and oxygen atoms in total. The summed E-state index contributed by atoms with van der Waals surface area (Å²) in [5.41, 5.74) is 3.36. The van der Waals surface area contributed by atoms with Gasteiger partial charge in [-0.1, -0.05) is 41.7 Å². The van der Waals surface area contributed by atoms with Crippen molar-refractivity contribution in [1.29, 1.82) is 0 Å². The van der Waals surface area contributed by atoms with Gasteiger partial charge in [-0.25, -0.2) is 9.79 Å². The zero-order valence-corrected chi connectivity index (χ0v) is 20.0. The van der Waals surface area contributed by atoms with E-state index in [9.17, 15) is 4.79 Å². The number of nitrogens with zero attached hydrogens (tertiary/aromatic N) is 2. The molecule has 1 heterocycles. The lowest BCUT2D eigenvalue weighted by Gasteiger charge is -2.12. The minimum absolute atomic E-state index is 0.277. The monoisotopic (exact) mass is 475 g/mol. The van der Waals surface area contributed by atoms with Crippen LogP contribution in [0.1, 0.15) is 6.92 Å². The number of methoxy groups -OCH3 is 2. The summed E-state index contributed by atoms with van der Waals surface area (Å²) in [5.74, 6) is 1.50. The Balaban J connectivity index is 1.97. The van der Waals surface area contributed by atoms with Crippen LogP contribution in [0.5, 0.6) is 11.5 Å². The molecule has 0 saturated heterocycles. The number of carbonyl (C=O) groups is 1. The number of thiazole rings is 1. The molecule has 0 radical (unpaired) electrons. The van der Waals surface area contributed by atoms with Gasteiger partial charge in [0.1, 0.15) is 16.5 Å². The van der Waals surface area contributed by atoms with Crippen molar-refractivity contribution in [3.8, 4) is 28.4 Å². The fourth-order valence-electron chi connectivity index (χ4n) is 3.39. The summed E-state index contributed by atoms with van der Waals surface area (Å²) in [6, 6.07) is 25.1. The first-order valence-corrected chi connectivity index (χ1v) is 11.5. The molecule has 3 aromatic carbocycles. The first-order valence-electron chi connectivity index (χ1n) is 10.7. The largest absolute Gasteiger partial charge is 0.497 e. The average Bonchev–Trinajstić information content (AvgIpc) is 3.22. The number of hydrogen-bond donors (Lipinski definition) is 1. The molecule has 4 rings (SSSR count). The molecule has 1 aromatic heterocycles. The molecule has 0 fully saturated rings. The highest BCUT2D eigenvalue weighted by Crippen LogP contribution is 2.34. The molecule has 34 heavy (non-hydrogen) atoms. The van der Waals surface area contributed by atoms with E-state index in [0.717, 1.165) is 34.1 Å². The van der Waals surface area contributed by atoms with Crippen molar-refractivity contribution in [3.05, 3.63) is 83.7 Å². The molecule has 0 atom stereocenters. The molecule has 174 valence electrons. The second-order valence-corrected chi connectivity index (χ2v) is 8.09. The van der Waals surface area contributed by atoms with Crippen molar-refractivity contribution in [2.45, 2.75) is 6.92 Å². The number of benzene rings is 3. The number of carbonyl (C=O) groups excluding carboxylic acids is 1. The smallest absolute Gasteiger partial charge is 0.412 e. The quantitative estimate of drug-likeness (QED) is 0.354. The van der Waals surface area contributed by atoms with Crippen LogP contribution in [-0.2, 0) is 4.74 Å². The zero-order valence-electron chi connectivity index (χ0n) is 19.1. The second kappa shape index (κ2) is 10.7. The van der Waals surface area contributed by atoms with Gasteiger partial charge in [0.25, 0.3) is 0 Å². The van der Waals surface area contributed by atoms with Crippen LogP contribution >= 0.6 is 11.3 Å². The highest BCUT2D eigenvalue weighted by Gasteiger charge is 2.19. The Bertz CT molecular complexity index is 1310. The van der Waals surface area contributed by atoms with Crippen molar-refractivity contribution in [2.24, 2.45) is 4.99 Å². The zero-order chi connectivity index (χ0) is 23.9. The van der Waals surface area contributed by atoms with Gasteiger partial charge >= 0.3 is 6.09 Å². The van der Waals surface area contributed by atoms with E-state index in [1.165, 1.54) is 11.3 Å². The maximum absolute atomic E-state index is 12.4. The Kier molecular flexibility index (Phi) is 7.29. The molecule has 0 aliphatic rings. The lowest BCUT2D eigenvalue weighted by atomic mass is 10.1. The van der Waals surface area contributed by atoms with Crippen molar-refractivity contribution < 1.29 is 19.0 Å². The third kappa shape index (κ3) is 5.13. The summed E-state index contributed by atoms with van der Waals surface area (Å²) < 4.78 is 17.8. The topological polar surface area (TPSA) is 74.1 Å². The molecule has 1 N–H and O–H groups in total. The van der Waals surface area contributed by atoms with Crippen LogP contribution in [0.15, 0.2) is 83.9 Å². The van der Waals surface area contributed by atoms with Crippen LogP contribution in [-0.4, -0.2) is 31.5 Å². The number of nitrogens with one attached hydrogen (secondary N) is 1. The lowest BCUT2D eigenvalue weighted by Crippen LogP contribution is -2.15. The molecule has 0 spiro atoms. The molecule has 1 amide bonds. The summed E-state index contributed by atoms with van der Waals surface area (Å²) in [6.45, 7) is 2.05. The second-order valence-electron chi connectivity index (χ2n) is 7.12. The van der Waals surface area contributed by atoms with E-state index >= 15 is 0 Å². The van der Waals surface area contributed by atoms with Gasteiger partial charge in [0.2, 0.25) is 0 Å². The predicted molar refractivity (Wildman–Crippen MR) is 134 cm³/mol. The Labute approximate surface area is 201 Å². The number of anilines is 1. The van der Waals surface area contributed by atoms with E-state index in [4.69, 9.17) is 19.2 Å². The normalized spacial score (nSPS) is 11.2. The molecule has 0 saturated carbocycles. The van der Waals surface area contributed by atoms with Gasteiger partial charge < -0.3 is 14.2 Å². The summed E-state index contributed by atoms with van der Waals surface area (Å²) in [4.78, 5) is 17.9. The number of hydrogen-bond acceptors (Lipinski definition) is 6.